The SMILES string of the molecule is CC(=O)CCc1ccc(-c2ccc(F)cc2)n1-c1ccc(C(N)=O)cc1C. The van der Waals surface area contributed by atoms with Gasteiger partial charge in [-0.05, 0) is 86.0 Å². The fourth-order valence-electron chi connectivity index (χ4n) is 3.17. The second kappa shape index (κ2) is 7.58. The highest BCUT2D eigenvalue weighted by molar-refractivity contribution is 5.93. The molecule has 5 heteroatoms. The molecule has 0 saturated carbocycles. The third-order valence-corrected chi connectivity index (χ3v) is 4.56. The number of benzene rings is 2. The van der Waals surface area contributed by atoms with Crippen LogP contribution in [-0.2, 0) is 11.2 Å². The zero-order chi connectivity index (χ0) is 19.6. The van der Waals surface area contributed by atoms with Crippen LogP contribution in [0, 0.1) is 12.7 Å². The van der Waals surface area contributed by atoms with E-state index in [1.54, 1.807) is 31.2 Å². The van der Waals surface area contributed by atoms with E-state index in [1.165, 1.54) is 12.1 Å². The van der Waals surface area contributed by atoms with Gasteiger partial charge in [-0.2, -0.15) is 0 Å². The highest BCUT2D eigenvalue weighted by Gasteiger charge is 2.15. The molecule has 138 valence electrons. The molecule has 0 aliphatic carbocycles. The standard InChI is InChI=1S/C22H21FN2O2/c1-14-13-17(22(24)27)6-11-20(14)25-19(9-3-15(2)26)10-12-21(25)16-4-7-18(23)8-5-16/h4-8,10-13H,3,9H2,1-2H3,(H2,24,27). The minimum absolute atomic E-state index is 0.117. The van der Waals surface area contributed by atoms with Gasteiger partial charge in [0, 0.05) is 23.4 Å². The first kappa shape index (κ1) is 18.6. The molecule has 0 spiro atoms. The summed E-state index contributed by atoms with van der Waals surface area (Å²) < 4.78 is 15.4. The van der Waals surface area contributed by atoms with Crippen LogP contribution in [0.5, 0.6) is 0 Å². The predicted molar refractivity (Wildman–Crippen MR) is 103 cm³/mol. The van der Waals surface area contributed by atoms with E-state index in [0.717, 1.165) is 28.2 Å². The van der Waals surface area contributed by atoms with Crippen LogP contribution in [0.1, 0.15) is 35.0 Å². The smallest absolute Gasteiger partial charge is 0.248 e. The Hall–Kier alpha value is -3.21. The number of halogens is 1. The third-order valence-electron chi connectivity index (χ3n) is 4.56. The normalized spacial score (nSPS) is 10.8. The summed E-state index contributed by atoms with van der Waals surface area (Å²) in [7, 11) is 0. The number of Topliss-reactive ketones (excluding diaryl/α,β-unsaturated/α-hetero) is 1. The van der Waals surface area contributed by atoms with Crippen molar-refractivity contribution in [3.63, 3.8) is 0 Å². The van der Waals surface area contributed by atoms with Gasteiger partial charge in [0.25, 0.3) is 0 Å². The van der Waals surface area contributed by atoms with Gasteiger partial charge < -0.3 is 15.1 Å². The maximum atomic E-state index is 13.3. The van der Waals surface area contributed by atoms with Crippen LogP contribution < -0.4 is 5.73 Å². The van der Waals surface area contributed by atoms with E-state index in [1.807, 2.05) is 25.1 Å². The van der Waals surface area contributed by atoms with E-state index in [4.69, 9.17) is 5.73 Å². The van der Waals surface area contributed by atoms with Crippen molar-refractivity contribution in [3.8, 4) is 16.9 Å². The van der Waals surface area contributed by atoms with Crippen molar-refractivity contribution >= 4 is 11.7 Å². The summed E-state index contributed by atoms with van der Waals surface area (Å²) in [5.41, 5.74) is 10.3. The number of hydrogen-bond donors (Lipinski definition) is 1. The Bertz CT molecular complexity index is 1000. The summed E-state index contributed by atoms with van der Waals surface area (Å²) in [5, 5.41) is 0. The lowest BCUT2D eigenvalue weighted by Crippen LogP contribution is -2.12. The molecule has 0 saturated heterocycles. The van der Waals surface area contributed by atoms with E-state index in [9.17, 15) is 14.0 Å². The first-order valence-electron chi connectivity index (χ1n) is 8.73. The maximum absolute atomic E-state index is 13.3. The van der Waals surface area contributed by atoms with Crippen LogP contribution in [0.4, 0.5) is 4.39 Å². The summed E-state index contributed by atoms with van der Waals surface area (Å²) in [4.78, 5) is 22.9. The molecule has 2 N–H and O–H groups in total. The van der Waals surface area contributed by atoms with E-state index in [0.29, 0.717) is 18.4 Å². The van der Waals surface area contributed by atoms with E-state index in [2.05, 4.69) is 4.57 Å². The average Bonchev–Trinajstić information content (AvgIpc) is 3.04. The molecule has 0 bridgehead atoms. The highest BCUT2D eigenvalue weighted by atomic mass is 19.1. The molecule has 0 aliphatic rings. The molecule has 3 rings (SSSR count). The zero-order valence-corrected chi connectivity index (χ0v) is 15.3. The molecule has 0 unspecified atom stereocenters. The van der Waals surface area contributed by atoms with Crippen molar-refractivity contribution in [2.45, 2.75) is 26.7 Å². The zero-order valence-electron chi connectivity index (χ0n) is 15.3. The molecule has 2 aromatic carbocycles. The van der Waals surface area contributed by atoms with Gasteiger partial charge in [0.2, 0.25) is 5.91 Å². The van der Waals surface area contributed by atoms with Crippen molar-refractivity contribution < 1.29 is 14.0 Å². The first-order chi connectivity index (χ1) is 12.9. The number of nitrogens with zero attached hydrogens (tertiary/aromatic N) is 1. The predicted octanol–water partition coefficient (Wildman–Crippen LogP) is 4.21. The lowest BCUT2D eigenvalue weighted by atomic mass is 10.1. The molecule has 1 aromatic heterocycles. The van der Waals surface area contributed by atoms with Crippen molar-refractivity contribution in [2.75, 3.05) is 0 Å². The van der Waals surface area contributed by atoms with Crippen molar-refractivity contribution in [1.29, 1.82) is 0 Å². The third kappa shape index (κ3) is 3.97. The van der Waals surface area contributed by atoms with Crippen LogP contribution >= 0.6 is 0 Å². The number of nitrogens with two attached hydrogens (primary N) is 1. The molecule has 1 amide bonds. The van der Waals surface area contributed by atoms with Gasteiger partial charge in [0.15, 0.2) is 0 Å². The van der Waals surface area contributed by atoms with Crippen molar-refractivity contribution in [3.05, 3.63) is 77.2 Å². The minimum atomic E-state index is -0.479. The number of amides is 1. The van der Waals surface area contributed by atoms with Crippen LogP contribution in [0.3, 0.4) is 0 Å². The highest BCUT2D eigenvalue weighted by Crippen LogP contribution is 2.29. The Balaban J connectivity index is 2.15. The van der Waals surface area contributed by atoms with Gasteiger partial charge in [-0.1, -0.05) is 0 Å². The van der Waals surface area contributed by atoms with Gasteiger partial charge in [0.1, 0.15) is 11.6 Å². The molecule has 0 fully saturated rings. The summed E-state index contributed by atoms with van der Waals surface area (Å²) in [6.45, 7) is 3.48. The fraction of sp³-hybridized carbons (Fsp3) is 0.182. The topological polar surface area (TPSA) is 65.1 Å². The Labute approximate surface area is 157 Å². The van der Waals surface area contributed by atoms with Gasteiger partial charge >= 0.3 is 0 Å². The summed E-state index contributed by atoms with van der Waals surface area (Å²) in [5.74, 6) is -0.657. The van der Waals surface area contributed by atoms with Crippen molar-refractivity contribution in [1.82, 2.24) is 4.57 Å². The molecule has 3 aromatic rings. The molecule has 27 heavy (non-hydrogen) atoms. The number of hydrogen-bond acceptors (Lipinski definition) is 2. The Kier molecular flexibility index (Phi) is 5.21. The summed E-state index contributed by atoms with van der Waals surface area (Å²) >= 11 is 0. The Morgan fingerprint density at radius 2 is 1.74 bits per heavy atom. The number of primary amides is 1. The number of rotatable bonds is 6. The lowest BCUT2D eigenvalue weighted by Gasteiger charge is -2.17. The minimum Gasteiger partial charge on any atom is -0.366 e. The largest absolute Gasteiger partial charge is 0.366 e. The van der Waals surface area contributed by atoms with Gasteiger partial charge in [-0.25, -0.2) is 4.39 Å². The fourth-order valence-corrected chi connectivity index (χ4v) is 3.17. The molecular weight excluding hydrogens is 343 g/mol. The van der Waals surface area contributed by atoms with E-state index < -0.39 is 5.91 Å². The van der Waals surface area contributed by atoms with Crippen LogP contribution in [0.2, 0.25) is 0 Å². The number of carbonyl (C=O) groups is 2. The number of ketones is 1. The molecule has 4 nitrogen and oxygen atoms in total. The second-order valence-corrected chi connectivity index (χ2v) is 6.62. The summed E-state index contributed by atoms with van der Waals surface area (Å²) in [6, 6.07) is 15.5. The number of aryl methyl sites for hydroxylation is 2. The van der Waals surface area contributed by atoms with E-state index in [-0.39, 0.29) is 11.6 Å². The van der Waals surface area contributed by atoms with Crippen molar-refractivity contribution in [2.24, 2.45) is 5.73 Å². The lowest BCUT2D eigenvalue weighted by molar-refractivity contribution is -0.117. The Morgan fingerprint density at radius 1 is 1.04 bits per heavy atom. The average molecular weight is 364 g/mol. The van der Waals surface area contributed by atoms with E-state index >= 15 is 0 Å². The summed E-state index contributed by atoms with van der Waals surface area (Å²) in [6.07, 6.45) is 1.03. The molecule has 0 aliphatic heterocycles. The Morgan fingerprint density at radius 3 is 2.33 bits per heavy atom. The van der Waals surface area contributed by atoms with Gasteiger partial charge in [-0.3, -0.25) is 4.79 Å². The molecule has 0 radical (unpaired) electrons. The molecule has 0 atom stereocenters. The quantitative estimate of drug-likeness (QED) is 0.712. The second-order valence-electron chi connectivity index (χ2n) is 6.62. The van der Waals surface area contributed by atoms with Crippen LogP contribution in [0.25, 0.3) is 16.9 Å². The molecule has 1 heterocycles. The maximum Gasteiger partial charge on any atom is 0.248 e. The van der Waals surface area contributed by atoms with Crippen LogP contribution in [-0.4, -0.2) is 16.3 Å². The van der Waals surface area contributed by atoms with Gasteiger partial charge in [0.05, 0.1) is 5.69 Å². The first-order valence-corrected chi connectivity index (χ1v) is 8.73. The number of aromatic nitrogens is 1. The number of carbonyl (C=O) groups excluding carboxylic acids is 2. The molecular formula is C22H21FN2O2. The van der Waals surface area contributed by atoms with Crippen LogP contribution in [0.15, 0.2) is 54.6 Å². The van der Waals surface area contributed by atoms with Gasteiger partial charge in [-0.15, -0.1) is 0 Å². The monoisotopic (exact) mass is 364 g/mol.